The van der Waals surface area contributed by atoms with Crippen LogP contribution in [0.25, 0.3) is 71.6 Å². The highest BCUT2D eigenvalue weighted by Crippen LogP contribution is 2.62. The standard InChI is InChI=1S/C59H38N2/c1-3-15-39(16-4-1)40-29-31-43(32-30-40)60(44-34-36-57-51(37-44)49-23-9-12-28-56(49)61(57)42-19-5-2-6-20-42)45-33-35-48-46-21-7-10-25-52(46)59(55(48)38-45)53-26-11-8-22-47(53)50-24-13-17-41-18-14-27-54(59)58(41)50/h1-38H/i7D,10D,21D,25D. The smallest absolute Gasteiger partial charge is 0.0726 e. The minimum absolute atomic E-state index is 0.0152. The van der Waals surface area contributed by atoms with E-state index in [0.717, 1.165) is 99.8 Å². The Labute approximate surface area is 360 Å². The van der Waals surface area contributed by atoms with Crippen molar-refractivity contribution in [3.8, 4) is 39.1 Å². The Morgan fingerprint density at radius 3 is 1.89 bits per heavy atom. The van der Waals surface area contributed by atoms with Gasteiger partial charge in [0.2, 0.25) is 0 Å². The van der Waals surface area contributed by atoms with E-state index in [1.165, 1.54) is 0 Å². The molecule has 0 fully saturated rings. The maximum Gasteiger partial charge on any atom is 0.0726 e. The molecule has 1 heterocycles. The van der Waals surface area contributed by atoms with Crippen LogP contribution in [0.15, 0.2) is 230 Å². The van der Waals surface area contributed by atoms with Gasteiger partial charge in [-0.1, -0.05) is 170 Å². The van der Waals surface area contributed by atoms with E-state index in [-0.39, 0.29) is 24.2 Å². The van der Waals surface area contributed by atoms with Crippen molar-refractivity contribution in [2.24, 2.45) is 0 Å². The lowest BCUT2D eigenvalue weighted by molar-refractivity contribution is 0.773. The van der Waals surface area contributed by atoms with E-state index in [2.05, 4.69) is 204 Å². The van der Waals surface area contributed by atoms with Crippen molar-refractivity contribution in [2.75, 3.05) is 4.90 Å². The highest BCUT2D eigenvalue weighted by molar-refractivity contribution is 6.11. The molecule has 0 bridgehead atoms. The zero-order valence-electron chi connectivity index (χ0n) is 37.0. The third-order valence-electron chi connectivity index (χ3n) is 13.1. The predicted molar refractivity (Wildman–Crippen MR) is 255 cm³/mol. The molecule has 13 rings (SSSR count). The molecule has 1 aromatic heterocycles. The van der Waals surface area contributed by atoms with Gasteiger partial charge >= 0.3 is 0 Å². The average Bonchev–Trinajstić information content (AvgIpc) is 3.86. The predicted octanol–water partition coefficient (Wildman–Crippen LogP) is 15.4. The first-order chi connectivity index (χ1) is 31.9. The van der Waals surface area contributed by atoms with Crippen LogP contribution in [0.5, 0.6) is 0 Å². The van der Waals surface area contributed by atoms with Gasteiger partial charge in [0.15, 0.2) is 0 Å². The Bertz CT molecular complexity index is 3760. The molecule has 2 aliphatic rings. The molecule has 61 heavy (non-hydrogen) atoms. The molecule has 2 nitrogen and oxygen atoms in total. The van der Waals surface area contributed by atoms with Crippen molar-refractivity contribution < 1.29 is 5.48 Å². The fourth-order valence-corrected chi connectivity index (χ4v) is 10.6. The fraction of sp³-hybridized carbons (Fsp3) is 0.0169. The number of fused-ring (bicyclic) bond motifs is 12. The molecule has 1 spiro atoms. The van der Waals surface area contributed by atoms with Crippen LogP contribution in [0.2, 0.25) is 0 Å². The van der Waals surface area contributed by atoms with E-state index in [1.807, 2.05) is 12.1 Å². The first kappa shape index (κ1) is 30.2. The first-order valence-corrected chi connectivity index (χ1v) is 20.9. The molecule has 1 atom stereocenters. The van der Waals surface area contributed by atoms with Gasteiger partial charge in [-0.25, -0.2) is 0 Å². The largest absolute Gasteiger partial charge is 0.310 e. The topological polar surface area (TPSA) is 8.17 Å². The number of hydrogen-bond donors (Lipinski definition) is 0. The van der Waals surface area contributed by atoms with Gasteiger partial charge in [-0.05, 0) is 127 Å². The Kier molecular flexibility index (Phi) is 6.44. The van der Waals surface area contributed by atoms with Crippen LogP contribution >= 0.6 is 0 Å². The highest BCUT2D eigenvalue weighted by atomic mass is 15.1. The molecular weight excluding hydrogens is 737 g/mol. The maximum atomic E-state index is 9.77. The number of benzene rings is 10. The molecule has 0 saturated heterocycles. The van der Waals surface area contributed by atoms with Crippen LogP contribution in [0.3, 0.4) is 0 Å². The van der Waals surface area contributed by atoms with Crippen molar-refractivity contribution in [1.82, 2.24) is 4.57 Å². The van der Waals surface area contributed by atoms with Crippen LogP contribution in [0, 0.1) is 0 Å². The van der Waals surface area contributed by atoms with E-state index in [4.69, 9.17) is 2.74 Å². The van der Waals surface area contributed by atoms with E-state index < -0.39 is 5.41 Å². The highest BCUT2D eigenvalue weighted by Gasteiger charge is 2.50. The fourth-order valence-electron chi connectivity index (χ4n) is 10.6. The zero-order valence-corrected chi connectivity index (χ0v) is 33.0. The second-order valence-electron chi connectivity index (χ2n) is 16.1. The van der Waals surface area contributed by atoms with Crippen LogP contribution in [0.1, 0.15) is 27.7 Å². The van der Waals surface area contributed by atoms with Gasteiger partial charge in [-0.3, -0.25) is 0 Å². The summed E-state index contributed by atoms with van der Waals surface area (Å²) in [4.78, 5) is 2.32. The van der Waals surface area contributed by atoms with Gasteiger partial charge in [-0.15, -0.1) is 0 Å². The number of nitrogens with zero attached hydrogens (tertiary/aromatic N) is 2. The molecule has 284 valence electrons. The van der Waals surface area contributed by atoms with Gasteiger partial charge < -0.3 is 9.47 Å². The molecule has 0 N–H and O–H groups in total. The average molecular weight is 779 g/mol. The third-order valence-corrected chi connectivity index (χ3v) is 13.1. The van der Waals surface area contributed by atoms with Crippen molar-refractivity contribution in [3.63, 3.8) is 0 Å². The van der Waals surface area contributed by atoms with Gasteiger partial charge in [-0.2, -0.15) is 0 Å². The van der Waals surface area contributed by atoms with E-state index in [0.29, 0.717) is 11.1 Å². The summed E-state index contributed by atoms with van der Waals surface area (Å²) < 4.78 is 39.7. The third kappa shape index (κ3) is 4.79. The number of anilines is 3. The van der Waals surface area contributed by atoms with E-state index in [1.54, 1.807) is 0 Å². The Morgan fingerprint density at radius 2 is 1.02 bits per heavy atom. The summed E-state index contributed by atoms with van der Waals surface area (Å²) in [5.74, 6) is 0. The molecule has 0 radical (unpaired) electrons. The zero-order chi connectivity index (χ0) is 43.6. The van der Waals surface area contributed by atoms with E-state index in [9.17, 15) is 2.74 Å². The van der Waals surface area contributed by atoms with Gasteiger partial charge in [0.25, 0.3) is 0 Å². The second kappa shape index (κ2) is 13.0. The quantitative estimate of drug-likeness (QED) is 0.169. The minimum Gasteiger partial charge on any atom is -0.310 e. The summed E-state index contributed by atoms with van der Waals surface area (Å²) in [6.07, 6.45) is 0. The summed E-state index contributed by atoms with van der Waals surface area (Å²) in [5.41, 5.74) is 14.5. The van der Waals surface area contributed by atoms with Crippen molar-refractivity contribution in [1.29, 1.82) is 0 Å². The lowest BCUT2D eigenvalue weighted by atomic mass is 9.61. The van der Waals surface area contributed by atoms with Crippen LogP contribution < -0.4 is 4.90 Å². The van der Waals surface area contributed by atoms with Crippen molar-refractivity contribution in [2.45, 2.75) is 5.41 Å². The van der Waals surface area contributed by atoms with Crippen LogP contribution in [0.4, 0.5) is 17.1 Å². The molecule has 10 aromatic carbocycles. The summed E-state index contributed by atoms with van der Waals surface area (Å²) in [6.45, 7) is 0. The molecule has 0 amide bonds. The molecule has 2 aliphatic carbocycles. The minimum atomic E-state index is -1.06. The van der Waals surface area contributed by atoms with Crippen LogP contribution in [-0.2, 0) is 5.41 Å². The molecular formula is C59H38N2. The first-order valence-electron chi connectivity index (χ1n) is 22.9. The summed E-state index contributed by atoms with van der Waals surface area (Å²) in [7, 11) is 0. The Morgan fingerprint density at radius 1 is 0.393 bits per heavy atom. The van der Waals surface area contributed by atoms with Crippen LogP contribution in [-0.4, -0.2) is 4.57 Å². The number of para-hydroxylation sites is 2. The SMILES string of the molecule is [2H]c1c([2H])c([2H])c2c(c1[2H])-c1ccc(N(c3ccc(-c4ccccc4)cc3)c3ccc4c(c3)c3ccccc3n4-c3ccccc3)cc1C21c2ccccc2-c2cccc3cccc1c23. The molecule has 2 heteroatoms. The van der Waals surface area contributed by atoms with Gasteiger partial charge in [0.05, 0.1) is 21.9 Å². The monoisotopic (exact) mass is 778 g/mol. The maximum absolute atomic E-state index is 9.77. The van der Waals surface area contributed by atoms with E-state index >= 15 is 0 Å². The number of hydrogen-bond acceptors (Lipinski definition) is 1. The van der Waals surface area contributed by atoms with Gasteiger partial charge in [0.1, 0.15) is 0 Å². The van der Waals surface area contributed by atoms with Gasteiger partial charge in [0, 0.05) is 33.5 Å². The molecule has 0 saturated carbocycles. The second-order valence-corrected chi connectivity index (χ2v) is 16.1. The number of rotatable bonds is 5. The lowest BCUT2D eigenvalue weighted by Gasteiger charge is -2.40. The summed E-state index contributed by atoms with van der Waals surface area (Å²) in [5, 5.41) is 4.47. The summed E-state index contributed by atoms with van der Waals surface area (Å²) >= 11 is 0. The Balaban J connectivity index is 1.11. The van der Waals surface area contributed by atoms with Crippen molar-refractivity contribution >= 4 is 49.6 Å². The Hall–Kier alpha value is -7.94. The normalized spacial score (nSPS) is 15.5. The van der Waals surface area contributed by atoms with Crippen molar-refractivity contribution in [3.05, 3.63) is 253 Å². The number of aromatic nitrogens is 1. The summed E-state index contributed by atoms with van der Waals surface area (Å²) in [6, 6.07) is 72.3. The molecule has 11 aromatic rings. The molecule has 1 unspecified atom stereocenters. The lowest BCUT2D eigenvalue weighted by Crippen LogP contribution is -2.32. The molecule has 0 aliphatic heterocycles.